The molecule has 1 aliphatic carbocycles. The van der Waals surface area contributed by atoms with Gasteiger partial charge in [-0.3, -0.25) is 9.59 Å². The van der Waals surface area contributed by atoms with Crippen LogP contribution in [0.4, 0.5) is 11.4 Å². The summed E-state index contributed by atoms with van der Waals surface area (Å²) in [6.07, 6.45) is 15.0. The molecule has 8 nitrogen and oxygen atoms in total. The highest BCUT2D eigenvalue weighted by Gasteiger charge is 2.21. The minimum absolute atomic E-state index is 0. The number of likely N-dealkylation sites (tertiary alicyclic amines) is 1. The van der Waals surface area contributed by atoms with Gasteiger partial charge in [0.1, 0.15) is 5.78 Å². The molecule has 2 atom stereocenters. The van der Waals surface area contributed by atoms with Gasteiger partial charge in [-0.25, -0.2) is 12.7 Å². The summed E-state index contributed by atoms with van der Waals surface area (Å²) >= 11 is 0. The summed E-state index contributed by atoms with van der Waals surface area (Å²) < 4.78 is 23.2. The molecule has 9 heteroatoms. The number of anilines is 2. The third-order valence-corrected chi connectivity index (χ3v) is 12.5. The Balaban J connectivity index is 0.000000664. The first-order valence-corrected chi connectivity index (χ1v) is 21.1. The smallest absolute Gasteiger partial charge is 0.222 e. The predicted octanol–water partition coefficient (Wildman–Crippen LogP) is 11.1. The average molecular weight is 783 g/mol. The minimum atomic E-state index is -2.83. The van der Waals surface area contributed by atoms with E-state index >= 15 is 0 Å². The number of nitrogens with one attached hydrogen (secondary N) is 2. The summed E-state index contributed by atoms with van der Waals surface area (Å²) in [6, 6.07) is 13.1. The van der Waals surface area contributed by atoms with Gasteiger partial charge in [-0.2, -0.15) is 0 Å². The Kier molecular flexibility index (Phi) is 24.1. The molecule has 2 unspecified atom stereocenters. The van der Waals surface area contributed by atoms with Gasteiger partial charge in [-0.1, -0.05) is 97.5 Å². The Morgan fingerprint density at radius 3 is 1.78 bits per heavy atom. The number of sulfonamides is 1. The number of rotatable bonds is 0. The van der Waals surface area contributed by atoms with Crippen LogP contribution in [0.2, 0.25) is 0 Å². The Labute approximate surface area is 337 Å². The molecule has 7 rings (SSSR count). The lowest BCUT2D eigenvalue weighted by atomic mass is 9.90. The van der Waals surface area contributed by atoms with Crippen molar-refractivity contribution in [3.63, 3.8) is 0 Å². The molecule has 0 spiro atoms. The topological polar surface area (TPSA) is 98.8 Å². The zero-order valence-electron chi connectivity index (χ0n) is 33.0. The maximum absolute atomic E-state index is 10.9. The molecule has 1 saturated carbocycles. The number of carbonyl (C=O) groups is 2. The summed E-state index contributed by atoms with van der Waals surface area (Å²) in [5, 5.41) is 6.70. The second-order valence-corrected chi connectivity index (χ2v) is 17.4. The number of aryl methyl sites for hydroxylation is 4. The van der Waals surface area contributed by atoms with Crippen LogP contribution in [0.25, 0.3) is 0 Å². The van der Waals surface area contributed by atoms with E-state index in [1.54, 1.807) is 7.05 Å². The van der Waals surface area contributed by atoms with E-state index in [2.05, 4.69) is 81.0 Å². The summed E-state index contributed by atoms with van der Waals surface area (Å²) in [7, 11) is 0.688. The second kappa shape index (κ2) is 25.7. The number of Topliss-reactive ketones (excluding diaryl/α,β-unsaturated/α-hetero) is 1. The molecule has 0 aromatic heterocycles. The Morgan fingerprint density at radius 1 is 0.655 bits per heavy atom. The first kappa shape index (κ1) is 51.6. The SMILES string of the molecule is C.C.C.C=C1CCc2cc(C)ccc2N1.C=C1Nc2ccc(C)cc2CCC1C.CC1CCCCC1=O.CN1CCCCCC1=O.CN1CCCCS1(=O)=O. The number of ketones is 1. The van der Waals surface area contributed by atoms with Crippen LogP contribution in [-0.4, -0.2) is 62.3 Å². The molecule has 312 valence electrons. The van der Waals surface area contributed by atoms with Crippen LogP contribution >= 0.6 is 0 Å². The first-order valence-electron chi connectivity index (χ1n) is 19.5. The lowest BCUT2D eigenvalue weighted by molar-refractivity contribution is -0.129. The number of nitrogens with zero attached hydrogens (tertiary/aromatic N) is 2. The fraction of sp³-hybridized carbons (Fsp3) is 0.609. The molecule has 2 N–H and O–H groups in total. The highest BCUT2D eigenvalue weighted by Crippen LogP contribution is 2.29. The van der Waals surface area contributed by atoms with E-state index in [1.165, 1.54) is 63.6 Å². The molecule has 5 aliphatic rings. The number of carbonyl (C=O) groups excluding carboxylic acids is 2. The molecule has 0 radical (unpaired) electrons. The Hall–Kier alpha value is -3.43. The van der Waals surface area contributed by atoms with Crippen molar-refractivity contribution < 1.29 is 18.0 Å². The van der Waals surface area contributed by atoms with Crippen LogP contribution in [0.15, 0.2) is 61.0 Å². The van der Waals surface area contributed by atoms with Crippen molar-refractivity contribution in [2.24, 2.45) is 11.8 Å². The third-order valence-electron chi connectivity index (χ3n) is 10.5. The standard InChI is InChI=1S/C13H17N.C11H13N.C7H13NO.C7H12O.C5H11NO2S.3CH4/c1-9-4-7-13-12(8-9)6-5-10(2)11(3)14-13;1-8-3-6-11-10(7-8)5-4-9(2)12-11;1-8-6-4-2-3-5-7(8)9;1-6-4-2-3-5-7(6)8;1-6-4-2-3-5-9(6,7)8;;;/h4,7-8,10,14H,3,5-6H2,1-2H3;3,6-7,12H,2,4-5H2,1H3;2-6H2,1H3;6H,2-5H2,1H3;2-5H2,1H3;3*1H4. The molecule has 2 saturated heterocycles. The number of allylic oxidation sites excluding steroid dienone is 2. The number of hydrogen-bond acceptors (Lipinski definition) is 6. The van der Waals surface area contributed by atoms with E-state index in [1.807, 2.05) is 18.9 Å². The maximum Gasteiger partial charge on any atom is 0.222 e. The molecule has 0 bridgehead atoms. The van der Waals surface area contributed by atoms with Gasteiger partial charge in [0.15, 0.2) is 0 Å². The first-order chi connectivity index (χ1) is 24.7. The third kappa shape index (κ3) is 17.9. The molecular weight excluding hydrogens is 705 g/mol. The lowest BCUT2D eigenvalue weighted by Crippen LogP contribution is -2.34. The molecule has 4 aliphatic heterocycles. The van der Waals surface area contributed by atoms with Crippen LogP contribution in [-0.2, 0) is 32.5 Å². The van der Waals surface area contributed by atoms with Crippen LogP contribution < -0.4 is 10.6 Å². The predicted molar refractivity (Wildman–Crippen MR) is 238 cm³/mol. The van der Waals surface area contributed by atoms with Gasteiger partial charge in [0, 0.05) is 68.7 Å². The van der Waals surface area contributed by atoms with Gasteiger partial charge in [-0.15, -0.1) is 0 Å². The van der Waals surface area contributed by atoms with Crippen LogP contribution in [0.5, 0.6) is 0 Å². The van der Waals surface area contributed by atoms with Crippen molar-refractivity contribution in [2.45, 2.75) is 140 Å². The fourth-order valence-corrected chi connectivity index (χ4v) is 7.96. The number of fused-ring (bicyclic) bond motifs is 2. The summed E-state index contributed by atoms with van der Waals surface area (Å²) in [4.78, 5) is 23.6. The fourth-order valence-electron chi connectivity index (χ4n) is 6.67. The van der Waals surface area contributed by atoms with E-state index in [4.69, 9.17) is 0 Å². The number of hydrogen-bond donors (Lipinski definition) is 2. The Bertz CT molecular complexity index is 1620. The highest BCUT2D eigenvalue weighted by atomic mass is 32.2. The van der Waals surface area contributed by atoms with Crippen molar-refractivity contribution >= 4 is 33.1 Å². The number of benzene rings is 2. The average Bonchev–Trinajstić information content (AvgIpc) is 3.38. The zero-order valence-corrected chi connectivity index (χ0v) is 33.8. The van der Waals surface area contributed by atoms with Crippen molar-refractivity contribution in [3.05, 3.63) is 83.2 Å². The second-order valence-electron chi connectivity index (χ2n) is 15.2. The van der Waals surface area contributed by atoms with Gasteiger partial charge in [-0.05, 0) is 107 Å². The lowest BCUT2D eigenvalue weighted by Gasteiger charge is -2.21. The van der Waals surface area contributed by atoms with E-state index in [9.17, 15) is 18.0 Å². The van der Waals surface area contributed by atoms with Crippen molar-refractivity contribution in [1.82, 2.24) is 9.21 Å². The van der Waals surface area contributed by atoms with Gasteiger partial charge in [0.05, 0.1) is 5.75 Å². The molecule has 3 fully saturated rings. The largest absolute Gasteiger partial charge is 0.359 e. The van der Waals surface area contributed by atoms with Gasteiger partial charge in [0.2, 0.25) is 15.9 Å². The quantitative estimate of drug-likeness (QED) is 0.276. The van der Waals surface area contributed by atoms with Gasteiger partial charge in [0.25, 0.3) is 0 Å². The molecule has 4 heterocycles. The Morgan fingerprint density at radius 2 is 1.24 bits per heavy atom. The molecule has 55 heavy (non-hydrogen) atoms. The van der Waals surface area contributed by atoms with Crippen LogP contribution in [0.1, 0.15) is 135 Å². The molecule has 2 aromatic carbocycles. The van der Waals surface area contributed by atoms with Crippen molar-refractivity contribution in [2.75, 3.05) is 43.6 Å². The normalized spacial score (nSPS) is 21.3. The van der Waals surface area contributed by atoms with E-state index in [0.717, 1.165) is 82.1 Å². The van der Waals surface area contributed by atoms with Gasteiger partial charge >= 0.3 is 0 Å². The molecule has 2 aromatic rings. The summed E-state index contributed by atoms with van der Waals surface area (Å²) in [5.74, 6) is 2.05. The molecule has 1 amide bonds. The van der Waals surface area contributed by atoms with Crippen molar-refractivity contribution in [1.29, 1.82) is 0 Å². The van der Waals surface area contributed by atoms with Crippen LogP contribution in [0.3, 0.4) is 0 Å². The summed E-state index contributed by atoms with van der Waals surface area (Å²) in [6.45, 7) is 18.2. The summed E-state index contributed by atoms with van der Waals surface area (Å²) in [5.41, 5.74) is 10.3. The van der Waals surface area contributed by atoms with E-state index in [0.29, 0.717) is 35.8 Å². The number of amides is 1. The van der Waals surface area contributed by atoms with Gasteiger partial charge < -0.3 is 15.5 Å². The minimum Gasteiger partial charge on any atom is -0.359 e. The van der Waals surface area contributed by atoms with Crippen molar-refractivity contribution in [3.8, 4) is 0 Å². The van der Waals surface area contributed by atoms with Crippen LogP contribution in [0, 0.1) is 25.7 Å². The monoisotopic (exact) mass is 783 g/mol. The molecular formula is C46H78N4O4S. The van der Waals surface area contributed by atoms with E-state index < -0.39 is 10.0 Å². The van der Waals surface area contributed by atoms with E-state index in [-0.39, 0.29) is 22.3 Å². The maximum atomic E-state index is 10.9. The highest BCUT2D eigenvalue weighted by molar-refractivity contribution is 7.89. The zero-order chi connectivity index (χ0) is 38.3.